The molecule has 7 nitrogen and oxygen atoms in total. The molecule has 0 aromatic heterocycles. The van der Waals surface area contributed by atoms with Crippen molar-refractivity contribution in [3.63, 3.8) is 0 Å². The van der Waals surface area contributed by atoms with Gasteiger partial charge in [-0.1, -0.05) is 0 Å². The predicted molar refractivity (Wildman–Crippen MR) is 68.3 cm³/mol. The largest absolute Gasteiger partial charge is 0.479 e. The first-order chi connectivity index (χ1) is 10.1. The van der Waals surface area contributed by atoms with Crippen LogP contribution in [-0.4, -0.2) is 41.0 Å². The highest BCUT2D eigenvalue weighted by Gasteiger charge is 2.30. The summed E-state index contributed by atoms with van der Waals surface area (Å²) in [7, 11) is 0. The van der Waals surface area contributed by atoms with E-state index in [0.29, 0.717) is 0 Å². The first-order valence-corrected chi connectivity index (χ1v) is 5.87. The van der Waals surface area contributed by atoms with E-state index in [0.717, 1.165) is 25.1 Å². The van der Waals surface area contributed by atoms with Crippen LogP contribution >= 0.6 is 0 Å². The lowest BCUT2D eigenvalue weighted by atomic mass is 10.1. The Bertz CT molecular complexity index is 566. The molecule has 1 rings (SSSR count). The minimum Gasteiger partial charge on any atom is -0.479 e. The first kappa shape index (κ1) is 17.6. The standard InChI is InChI=1S/C12H13F3N2O5/c1-12(21,9(18)19)5-16-11(20)17-6-2-3-8(7(13)4-6)22-10(14)15/h2-4,10,21H,5H2,1H3,(H,18,19)(H2,16,17,20). The molecule has 0 spiro atoms. The fourth-order valence-corrected chi connectivity index (χ4v) is 1.27. The fraction of sp³-hybridized carbons (Fsp3) is 0.333. The monoisotopic (exact) mass is 322 g/mol. The van der Waals surface area contributed by atoms with Crippen LogP contribution in [0.2, 0.25) is 0 Å². The van der Waals surface area contributed by atoms with Crippen LogP contribution in [0, 0.1) is 5.82 Å². The van der Waals surface area contributed by atoms with E-state index in [1.807, 2.05) is 0 Å². The lowest BCUT2D eigenvalue weighted by molar-refractivity contribution is -0.155. The van der Waals surface area contributed by atoms with E-state index in [1.165, 1.54) is 0 Å². The van der Waals surface area contributed by atoms with E-state index in [1.54, 1.807) is 0 Å². The number of aliphatic hydroxyl groups is 1. The van der Waals surface area contributed by atoms with Gasteiger partial charge < -0.3 is 25.6 Å². The number of carboxylic acid groups (broad SMARTS) is 1. The van der Waals surface area contributed by atoms with Crippen LogP contribution < -0.4 is 15.4 Å². The van der Waals surface area contributed by atoms with E-state index in [2.05, 4.69) is 15.4 Å². The lowest BCUT2D eigenvalue weighted by Crippen LogP contribution is -2.47. The zero-order valence-corrected chi connectivity index (χ0v) is 11.3. The van der Waals surface area contributed by atoms with E-state index in [-0.39, 0.29) is 5.69 Å². The molecule has 0 bridgehead atoms. The van der Waals surface area contributed by atoms with Gasteiger partial charge in [0.25, 0.3) is 0 Å². The maximum Gasteiger partial charge on any atom is 0.387 e. The Labute approximate surface area is 122 Å². The maximum absolute atomic E-state index is 13.4. The average Bonchev–Trinajstić information content (AvgIpc) is 2.39. The number of aliphatic carboxylic acids is 1. The van der Waals surface area contributed by atoms with Crippen LogP contribution in [0.4, 0.5) is 23.7 Å². The number of hydrogen-bond donors (Lipinski definition) is 4. The van der Waals surface area contributed by atoms with Gasteiger partial charge in [-0.25, -0.2) is 14.0 Å². The van der Waals surface area contributed by atoms with Crippen molar-refractivity contribution in [3.8, 4) is 5.75 Å². The van der Waals surface area contributed by atoms with Crippen LogP contribution in [0.5, 0.6) is 5.75 Å². The minimum atomic E-state index is -3.19. The number of hydrogen-bond acceptors (Lipinski definition) is 4. The zero-order chi connectivity index (χ0) is 16.9. The van der Waals surface area contributed by atoms with E-state index < -0.39 is 42.3 Å². The molecule has 0 saturated heterocycles. The third-order valence-corrected chi connectivity index (χ3v) is 2.46. The number of amides is 2. The summed E-state index contributed by atoms with van der Waals surface area (Å²) in [6.07, 6.45) is 0. The Morgan fingerprint density at radius 1 is 1.41 bits per heavy atom. The molecular formula is C12H13F3N2O5. The molecule has 0 saturated carbocycles. The summed E-state index contributed by atoms with van der Waals surface area (Å²) in [6.45, 7) is -2.80. The highest BCUT2D eigenvalue weighted by atomic mass is 19.3. The molecule has 4 N–H and O–H groups in total. The summed E-state index contributed by atoms with van der Waals surface area (Å²) in [6, 6.07) is 1.83. The topological polar surface area (TPSA) is 108 Å². The third kappa shape index (κ3) is 5.13. The summed E-state index contributed by atoms with van der Waals surface area (Å²) in [5.41, 5.74) is -2.25. The molecule has 0 aliphatic rings. The summed E-state index contributed by atoms with van der Waals surface area (Å²) < 4.78 is 41.2. The highest BCUT2D eigenvalue weighted by Crippen LogP contribution is 2.22. The van der Waals surface area contributed by atoms with Crippen molar-refractivity contribution in [1.82, 2.24) is 5.32 Å². The van der Waals surface area contributed by atoms with Gasteiger partial charge in [0, 0.05) is 11.8 Å². The number of carbonyl (C=O) groups is 2. The van der Waals surface area contributed by atoms with Crippen molar-refractivity contribution in [1.29, 1.82) is 0 Å². The highest BCUT2D eigenvalue weighted by molar-refractivity contribution is 5.90. The van der Waals surface area contributed by atoms with Gasteiger partial charge in [0.1, 0.15) is 0 Å². The van der Waals surface area contributed by atoms with Crippen LogP contribution in [-0.2, 0) is 4.79 Å². The molecule has 122 valence electrons. The molecule has 1 aromatic carbocycles. The van der Waals surface area contributed by atoms with Gasteiger partial charge in [-0.2, -0.15) is 8.78 Å². The Hall–Kier alpha value is -2.49. The van der Waals surface area contributed by atoms with Crippen LogP contribution in [0.1, 0.15) is 6.92 Å². The SMILES string of the molecule is CC(O)(CNC(=O)Nc1ccc(OC(F)F)c(F)c1)C(=O)O. The molecule has 10 heteroatoms. The normalized spacial score (nSPS) is 13.4. The van der Waals surface area contributed by atoms with Crippen molar-refractivity contribution in [2.24, 2.45) is 0 Å². The zero-order valence-electron chi connectivity index (χ0n) is 11.3. The van der Waals surface area contributed by atoms with Gasteiger partial charge in [-0.05, 0) is 19.1 Å². The molecule has 1 atom stereocenters. The van der Waals surface area contributed by atoms with E-state index in [4.69, 9.17) is 5.11 Å². The fourth-order valence-electron chi connectivity index (χ4n) is 1.27. The van der Waals surface area contributed by atoms with Gasteiger partial charge in [-0.3, -0.25) is 0 Å². The van der Waals surface area contributed by atoms with E-state index in [9.17, 15) is 27.9 Å². The van der Waals surface area contributed by atoms with Gasteiger partial charge in [0.2, 0.25) is 0 Å². The predicted octanol–water partition coefficient (Wildman–Crippen LogP) is 1.38. The Balaban J connectivity index is 2.62. The summed E-state index contributed by atoms with van der Waals surface area (Å²) >= 11 is 0. The molecule has 0 fully saturated rings. The quantitative estimate of drug-likeness (QED) is 0.633. The van der Waals surface area contributed by atoms with Gasteiger partial charge >= 0.3 is 18.6 Å². The molecule has 0 aliphatic heterocycles. The number of halogens is 3. The number of ether oxygens (including phenoxy) is 1. The third-order valence-electron chi connectivity index (χ3n) is 2.46. The number of carboxylic acids is 1. The van der Waals surface area contributed by atoms with E-state index >= 15 is 0 Å². The number of urea groups is 1. The molecule has 1 unspecified atom stereocenters. The molecule has 0 radical (unpaired) electrons. The number of anilines is 1. The maximum atomic E-state index is 13.4. The molecular weight excluding hydrogens is 309 g/mol. The van der Waals surface area contributed by atoms with Crippen molar-refractivity contribution >= 4 is 17.7 Å². The van der Waals surface area contributed by atoms with Gasteiger partial charge in [-0.15, -0.1) is 0 Å². The number of rotatable bonds is 6. The van der Waals surface area contributed by atoms with Crippen molar-refractivity contribution in [2.45, 2.75) is 19.1 Å². The van der Waals surface area contributed by atoms with Crippen molar-refractivity contribution < 1.29 is 37.7 Å². The van der Waals surface area contributed by atoms with Crippen LogP contribution in [0.15, 0.2) is 18.2 Å². The Kier molecular flexibility index (Phi) is 5.57. The average molecular weight is 322 g/mol. The second-order valence-electron chi connectivity index (χ2n) is 4.41. The lowest BCUT2D eigenvalue weighted by Gasteiger charge is -2.18. The molecule has 0 heterocycles. The van der Waals surface area contributed by atoms with Crippen molar-refractivity contribution in [2.75, 3.05) is 11.9 Å². The number of nitrogens with one attached hydrogen (secondary N) is 2. The number of benzene rings is 1. The molecule has 0 aliphatic carbocycles. The number of carbonyl (C=O) groups excluding carboxylic acids is 1. The summed E-state index contributed by atoms with van der Waals surface area (Å²) in [5, 5.41) is 22.2. The summed E-state index contributed by atoms with van der Waals surface area (Å²) in [4.78, 5) is 22.1. The van der Waals surface area contributed by atoms with Crippen LogP contribution in [0.25, 0.3) is 0 Å². The smallest absolute Gasteiger partial charge is 0.387 e. The molecule has 2 amide bonds. The summed E-state index contributed by atoms with van der Waals surface area (Å²) in [5.74, 6) is -3.34. The first-order valence-electron chi connectivity index (χ1n) is 5.87. The Morgan fingerprint density at radius 2 is 2.05 bits per heavy atom. The van der Waals surface area contributed by atoms with Gasteiger partial charge in [0.15, 0.2) is 17.2 Å². The van der Waals surface area contributed by atoms with Crippen LogP contribution in [0.3, 0.4) is 0 Å². The Morgan fingerprint density at radius 3 is 2.55 bits per heavy atom. The second-order valence-corrected chi connectivity index (χ2v) is 4.41. The second kappa shape index (κ2) is 6.98. The molecule has 1 aromatic rings. The molecule has 22 heavy (non-hydrogen) atoms. The number of alkyl halides is 2. The van der Waals surface area contributed by atoms with Gasteiger partial charge in [0.05, 0.1) is 6.54 Å². The van der Waals surface area contributed by atoms with Crippen molar-refractivity contribution in [3.05, 3.63) is 24.0 Å². The minimum absolute atomic E-state index is 0.0772.